The van der Waals surface area contributed by atoms with Crippen LogP contribution in [0.4, 0.5) is 0 Å². The lowest BCUT2D eigenvalue weighted by molar-refractivity contribution is -0.142. The molecule has 15 heavy (non-hydrogen) atoms. The Kier molecular flexibility index (Phi) is 6.70. The molecular formula is C10H20N2O3. The number of hydrogen-bond donors (Lipinski definition) is 3. The minimum Gasteiger partial charge on any atom is -0.480 e. The third kappa shape index (κ3) is 5.37. The molecule has 0 rings (SSSR count). The summed E-state index contributed by atoms with van der Waals surface area (Å²) >= 11 is 0. The summed E-state index contributed by atoms with van der Waals surface area (Å²) in [6.45, 7) is 4.13. The first-order valence-corrected chi connectivity index (χ1v) is 5.27. The van der Waals surface area contributed by atoms with Crippen LogP contribution in [0.5, 0.6) is 0 Å². The Hall–Kier alpha value is -1.10. The van der Waals surface area contributed by atoms with E-state index in [4.69, 9.17) is 10.8 Å². The molecule has 5 heteroatoms. The Labute approximate surface area is 90.0 Å². The van der Waals surface area contributed by atoms with E-state index in [1.54, 1.807) is 6.92 Å². The molecule has 1 unspecified atom stereocenters. The Bertz CT molecular complexity index is 215. The Morgan fingerprint density at radius 3 is 2.27 bits per heavy atom. The largest absolute Gasteiger partial charge is 0.480 e. The van der Waals surface area contributed by atoms with E-state index < -0.39 is 12.0 Å². The molecule has 2 atom stereocenters. The zero-order valence-electron chi connectivity index (χ0n) is 9.32. The van der Waals surface area contributed by atoms with Crippen LogP contribution in [0.1, 0.15) is 33.1 Å². The Balaban J connectivity index is 4.06. The number of carbonyl (C=O) groups is 2. The van der Waals surface area contributed by atoms with Crippen LogP contribution in [-0.4, -0.2) is 29.6 Å². The van der Waals surface area contributed by atoms with Crippen molar-refractivity contribution in [2.75, 3.05) is 6.54 Å². The summed E-state index contributed by atoms with van der Waals surface area (Å²) < 4.78 is 0. The lowest BCUT2D eigenvalue weighted by Gasteiger charge is -2.15. The van der Waals surface area contributed by atoms with Gasteiger partial charge < -0.3 is 16.2 Å². The molecule has 0 bridgehead atoms. The van der Waals surface area contributed by atoms with E-state index in [1.165, 1.54) is 0 Å². The smallest absolute Gasteiger partial charge is 0.326 e. The highest BCUT2D eigenvalue weighted by Gasteiger charge is 2.18. The fraction of sp³-hybridized carbons (Fsp3) is 0.800. The molecule has 0 aromatic carbocycles. The molecule has 0 aliphatic carbocycles. The summed E-state index contributed by atoms with van der Waals surface area (Å²) in [6.07, 6.45) is 1.52. The van der Waals surface area contributed by atoms with Crippen molar-refractivity contribution in [3.8, 4) is 0 Å². The fourth-order valence-corrected chi connectivity index (χ4v) is 1.25. The molecule has 88 valence electrons. The summed E-state index contributed by atoms with van der Waals surface area (Å²) in [6, 6.07) is -0.784. The number of hydrogen-bond acceptors (Lipinski definition) is 3. The minimum absolute atomic E-state index is 0.135. The minimum atomic E-state index is -0.994. The first-order valence-electron chi connectivity index (χ1n) is 5.27. The van der Waals surface area contributed by atoms with Crippen LogP contribution >= 0.6 is 0 Å². The van der Waals surface area contributed by atoms with Gasteiger partial charge in [0.15, 0.2) is 0 Å². The van der Waals surface area contributed by atoms with Crippen LogP contribution in [0.15, 0.2) is 0 Å². The van der Waals surface area contributed by atoms with Crippen LogP contribution in [0.3, 0.4) is 0 Å². The third-order valence-electron chi connectivity index (χ3n) is 2.43. The molecule has 0 spiro atoms. The predicted octanol–water partition coefficient (Wildman–Crippen LogP) is 0.341. The van der Waals surface area contributed by atoms with Crippen molar-refractivity contribution in [3.63, 3.8) is 0 Å². The lowest BCUT2D eigenvalue weighted by Crippen LogP contribution is -2.41. The number of nitrogens with one attached hydrogen (secondary N) is 1. The second kappa shape index (κ2) is 7.23. The molecule has 0 radical (unpaired) electrons. The predicted molar refractivity (Wildman–Crippen MR) is 57.3 cm³/mol. The number of rotatable bonds is 7. The van der Waals surface area contributed by atoms with Gasteiger partial charge in [-0.15, -0.1) is 0 Å². The highest BCUT2D eigenvalue weighted by molar-refractivity contribution is 5.83. The second-order valence-electron chi connectivity index (χ2n) is 3.58. The summed E-state index contributed by atoms with van der Waals surface area (Å²) in [5.41, 5.74) is 5.46. The number of amides is 1. The summed E-state index contributed by atoms with van der Waals surface area (Å²) in [7, 11) is 0. The van der Waals surface area contributed by atoms with Gasteiger partial charge in [-0.3, -0.25) is 4.79 Å². The zero-order valence-corrected chi connectivity index (χ0v) is 9.32. The molecule has 0 heterocycles. The summed E-state index contributed by atoms with van der Waals surface area (Å²) in [4.78, 5) is 22.1. The molecule has 0 fully saturated rings. The monoisotopic (exact) mass is 216 g/mol. The van der Waals surface area contributed by atoms with E-state index in [0.29, 0.717) is 19.4 Å². The number of carbonyl (C=O) groups excluding carboxylic acids is 1. The molecule has 0 aromatic rings. The number of carboxylic acids is 1. The Morgan fingerprint density at radius 1 is 1.33 bits per heavy atom. The number of nitrogens with two attached hydrogens (primary N) is 1. The summed E-state index contributed by atoms with van der Waals surface area (Å²) in [5, 5.41) is 11.2. The van der Waals surface area contributed by atoms with E-state index in [2.05, 4.69) is 5.32 Å². The van der Waals surface area contributed by atoms with Crippen molar-refractivity contribution in [2.45, 2.75) is 39.2 Å². The van der Waals surface area contributed by atoms with Gasteiger partial charge in [0.2, 0.25) is 5.91 Å². The maximum Gasteiger partial charge on any atom is 0.326 e. The van der Waals surface area contributed by atoms with Gasteiger partial charge in [-0.05, 0) is 18.9 Å². The third-order valence-corrected chi connectivity index (χ3v) is 2.43. The molecular weight excluding hydrogens is 196 g/mol. The summed E-state index contributed by atoms with van der Waals surface area (Å²) in [5.74, 6) is -1.09. The maximum absolute atomic E-state index is 11.4. The van der Waals surface area contributed by atoms with Gasteiger partial charge in [0.05, 0.1) is 0 Å². The van der Waals surface area contributed by atoms with E-state index in [9.17, 15) is 9.59 Å². The van der Waals surface area contributed by atoms with Gasteiger partial charge in [0, 0.05) is 6.42 Å². The van der Waals surface area contributed by atoms with Crippen molar-refractivity contribution < 1.29 is 14.7 Å². The van der Waals surface area contributed by atoms with Crippen LogP contribution in [-0.2, 0) is 9.59 Å². The number of aliphatic carboxylic acids is 1. The first-order chi connectivity index (χ1) is 7.04. The quantitative estimate of drug-likeness (QED) is 0.572. The van der Waals surface area contributed by atoms with Crippen molar-refractivity contribution >= 4 is 11.9 Å². The van der Waals surface area contributed by atoms with Gasteiger partial charge in [-0.1, -0.05) is 20.3 Å². The number of carboxylic acid groups (broad SMARTS) is 1. The second-order valence-corrected chi connectivity index (χ2v) is 3.58. The average Bonchev–Trinajstić information content (AvgIpc) is 2.22. The highest BCUT2D eigenvalue weighted by atomic mass is 16.4. The van der Waals surface area contributed by atoms with Gasteiger partial charge in [-0.25, -0.2) is 4.79 Å². The Morgan fingerprint density at radius 2 is 1.93 bits per heavy atom. The molecule has 1 amide bonds. The van der Waals surface area contributed by atoms with E-state index in [1.807, 2.05) is 6.92 Å². The van der Waals surface area contributed by atoms with Crippen molar-refractivity contribution in [2.24, 2.45) is 11.7 Å². The fourth-order valence-electron chi connectivity index (χ4n) is 1.25. The SMILES string of the molecule is CCC(CN)CC(=O)N[C@@H](CC)C(=O)O. The topological polar surface area (TPSA) is 92.4 Å². The van der Waals surface area contributed by atoms with E-state index in [0.717, 1.165) is 6.42 Å². The lowest BCUT2D eigenvalue weighted by atomic mass is 10.0. The van der Waals surface area contributed by atoms with E-state index in [-0.39, 0.29) is 11.8 Å². The van der Waals surface area contributed by atoms with E-state index >= 15 is 0 Å². The van der Waals surface area contributed by atoms with Crippen LogP contribution < -0.4 is 11.1 Å². The highest BCUT2D eigenvalue weighted by Crippen LogP contribution is 2.06. The van der Waals surface area contributed by atoms with Gasteiger partial charge in [0.25, 0.3) is 0 Å². The first kappa shape index (κ1) is 13.9. The molecule has 5 nitrogen and oxygen atoms in total. The maximum atomic E-state index is 11.4. The van der Waals surface area contributed by atoms with Crippen molar-refractivity contribution in [1.82, 2.24) is 5.32 Å². The normalized spacial score (nSPS) is 14.3. The average molecular weight is 216 g/mol. The van der Waals surface area contributed by atoms with Crippen LogP contribution in [0.2, 0.25) is 0 Å². The van der Waals surface area contributed by atoms with Crippen molar-refractivity contribution in [3.05, 3.63) is 0 Å². The standard InChI is InChI=1S/C10H20N2O3/c1-3-7(6-11)5-9(13)12-8(4-2)10(14)15/h7-8H,3-6,11H2,1-2H3,(H,12,13)(H,14,15)/t7?,8-/m0/s1. The molecule has 0 aliphatic heterocycles. The van der Waals surface area contributed by atoms with Crippen LogP contribution in [0, 0.1) is 5.92 Å². The van der Waals surface area contributed by atoms with Crippen molar-refractivity contribution in [1.29, 1.82) is 0 Å². The molecule has 0 aliphatic rings. The van der Waals surface area contributed by atoms with Gasteiger partial charge in [-0.2, -0.15) is 0 Å². The zero-order chi connectivity index (χ0) is 11.8. The van der Waals surface area contributed by atoms with Gasteiger partial charge in [0.1, 0.15) is 6.04 Å². The molecule has 4 N–H and O–H groups in total. The molecule has 0 saturated carbocycles. The molecule has 0 aromatic heterocycles. The van der Waals surface area contributed by atoms with Gasteiger partial charge >= 0.3 is 5.97 Å². The van der Waals surface area contributed by atoms with Crippen LogP contribution in [0.25, 0.3) is 0 Å². The molecule has 0 saturated heterocycles.